The van der Waals surface area contributed by atoms with Crippen LogP contribution < -0.4 is 11.1 Å². The van der Waals surface area contributed by atoms with E-state index in [2.05, 4.69) is 51.4 Å². The molecule has 152 valence electrons. The highest BCUT2D eigenvalue weighted by atomic mass is 127. The molecule has 1 aliphatic rings. The molecule has 28 heavy (non-hydrogen) atoms. The van der Waals surface area contributed by atoms with Gasteiger partial charge in [0.15, 0.2) is 5.96 Å². The van der Waals surface area contributed by atoms with E-state index in [1.54, 1.807) is 6.20 Å². The highest BCUT2D eigenvalue weighted by Crippen LogP contribution is 2.12. The average Bonchev–Trinajstić information content (AvgIpc) is 2.68. The van der Waals surface area contributed by atoms with Gasteiger partial charge in [-0.1, -0.05) is 30.3 Å². The zero-order chi connectivity index (χ0) is 18.9. The van der Waals surface area contributed by atoms with E-state index in [-0.39, 0.29) is 24.0 Å². The number of halogens is 1. The SMILES string of the molecule is CC1CN(Cc2cccc(CN=C(N)NCCc3ccccn3)c2)CCO1.I. The van der Waals surface area contributed by atoms with Crippen molar-refractivity contribution in [3.8, 4) is 0 Å². The van der Waals surface area contributed by atoms with Crippen LogP contribution in [0.5, 0.6) is 0 Å². The van der Waals surface area contributed by atoms with Gasteiger partial charge in [-0.05, 0) is 30.2 Å². The van der Waals surface area contributed by atoms with Crippen molar-refractivity contribution in [2.75, 3.05) is 26.2 Å². The smallest absolute Gasteiger partial charge is 0.188 e. The molecule has 3 rings (SSSR count). The lowest BCUT2D eigenvalue weighted by molar-refractivity contribution is -0.0212. The monoisotopic (exact) mass is 495 g/mol. The Bertz CT molecular complexity index is 741. The van der Waals surface area contributed by atoms with E-state index in [1.807, 2.05) is 18.2 Å². The Hall–Kier alpha value is -1.71. The summed E-state index contributed by atoms with van der Waals surface area (Å²) < 4.78 is 5.61. The number of morpholine rings is 1. The third kappa shape index (κ3) is 7.73. The lowest BCUT2D eigenvalue weighted by atomic mass is 10.1. The number of aromatic nitrogens is 1. The maximum Gasteiger partial charge on any atom is 0.188 e. The van der Waals surface area contributed by atoms with E-state index < -0.39 is 0 Å². The minimum Gasteiger partial charge on any atom is -0.376 e. The molecular formula is C21H30IN5O. The van der Waals surface area contributed by atoms with Gasteiger partial charge in [0.05, 0.1) is 19.3 Å². The Morgan fingerprint density at radius 1 is 1.29 bits per heavy atom. The van der Waals surface area contributed by atoms with Crippen molar-refractivity contribution in [2.24, 2.45) is 10.7 Å². The maximum atomic E-state index is 5.98. The molecule has 1 atom stereocenters. The fourth-order valence-electron chi connectivity index (χ4n) is 3.22. The molecule has 1 aliphatic heterocycles. The molecule has 1 aromatic heterocycles. The molecule has 1 aromatic carbocycles. The highest BCUT2D eigenvalue weighted by Gasteiger charge is 2.16. The molecule has 2 aromatic rings. The number of hydrogen-bond donors (Lipinski definition) is 2. The molecule has 0 amide bonds. The molecular weight excluding hydrogens is 465 g/mol. The molecule has 6 nitrogen and oxygen atoms in total. The average molecular weight is 495 g/mol. The summed E-state index contributed by atoms with van der Waals surface area (Å²) in [5.41, 5.74) is 9.50. The summed E-state index contributed by atoms with van der Waals surface area (Å²) in [6.45, 7) is 7.16. The van der Waals surface area contributed by atoms with Crippen LogP contribution in [-0.4, -0.2) is 48.2 Å². The van der Waals surface area contributed by atoms with Gasteiger partial charge in [0.25, 0.3) is 0 Å². The Balaban J connectivity index is 0.00000280. The number of aliphatic imine (C=N–C) groups is 1. The van der Waals surface area contributed by atoms with E-state index in [1.165, 1.54) is 11.1 Å². The number of guanidine groups is 1. The van der Waals surface area contributed by atoms with Crippen molar-refractivity contribution in [1.29, 1.82) is 0 Å². The normalized spacial score (nSPS) is 17.8. The van der Waals surface area contributed by atoms with E-state index >= 15 is 0 Å². The number of benzene rings is 1. The summed E-state index contributed by atoms with van der Waals surface area (Å²) >= 11 is 0. The molecule has 3 N–H and O–H groups in total. The quantitative estimate of drug-likeness (QED) is 0.351. The lowest BCUT2D eigenvalue weighted by Crippen LogP contribution is -2.40. The van der Waals surface area contributed by atoms with Gasteiger partial charge in [-0.3, -0.25) is 9.88 Å². The van der Waals surface area contributed by atoms with Gasteiger partial charge in [0, 0.05) is 44.5 Å². The number of nitrogens with zero attached hydrogens (tertiary/aromatic N) is 3. The standard InChI is InChI=1S/C21H29N5O.HI/c1-17-15-26(11-12-27-17)16-19-6-4-5-18(13-19)14-25-21(22)24-10-8-20-7-2-3-9-23-20;/h2-7,9,13,17H,8,10-12,14-16H2,1H3,(H3,22,24,25);1H. The number of nitrogens with two attached hydrogens (primary N) is 1. The predicted molar refractivity (Wildman–Crippen MR) is 124 cm³/mol. The van der Waals surface area contributed by atoms with Crippen LogP contribution >= 0.6 is 24.0 Å². The maximum absolute atomic E-state index is 5.98. The van der Waals surface area contributed by atoms with Crippen molar-refractivity contribution in [1.82, 2.24) is 15.2 Å². The van der Waals surface area contributed by atoms with Crippen LogP contribution in [0.2, 0.25) is 0 Å². The molecule has 0 saturated carbocycles. The zero-order valence-electron chi connectivity index (χ0n) is 16.4. The lowest BCUT2D eigenvalue weighted by Gasteiger charge is -2.31. The molecule has 2 heterocycles. The summed E-state index contributed by atoms with van der Waals surface area (Å²) in [7, 11) is 0. The minimum atomic E-state index is 0. The van der Waals surface area contributed by atoms with Crippen LogP contribution in [0.3, 0.4) is 0 Å². The number of nitrogens with one attached hydrogen (secondary N) is 1. The summed E-state index contributed by atoms with van der Waals surface area (Å²) in [6, 6.07) is 14.5. The van der Waals surface area contributed by atoms with Gasteiger partial charge in [0.2, 0.25) is 0 Å². The first-order valence-corrected chi connectivity index (χ1v) is 9.54. The second-order valence-electron chi connectivity index (χ2n) is 6.94. The Morgan fingerprint density at radius 3 is 2.93 bits per heavy atom. The Morgan fingerprint density at radius 2 is 2.14 bits per heavy atom. The molecule has 1 fully saturated rings. The van der Waals surface area contributed by atoms with Gasteiger partial charge >= 0.3 is 0 Å². The highest BCUT2D eigenvalue weighted by molar-refractivity contribution is 14.0. The third-order valence-corrected chi connectivity index (χ3v) is 4.57. The van der Waals surface area contributed by atoms with Crippen molar-refractivity contribution >= 4 is 29.9 Å². The second kappa shape index (κ2) is 12.0. The largest absolute Gasteiger partial charge is 0.376 e. The van der Waals surface area contributed by atoms with E-state index in [0.29, 0.717) is 18.6 Å². The first-order valence-electron chi connectivity index (χ1n) is 9.54. The second-order valence-corrected chi connectivity index (χ2v) is 6.94. The fourth-order valence-corrected chi connectivity index (χ4v) is 3.22. The Labute approximate surface area is 184 Å². The summed E-state index contributed by atoms with van der Waals surface area (Å²) in [6.07, 6.45) is 2.94. The van der Waals surface area contributed by atoms with Crippen LogP contribution in [0, 0.1) is 0 Å². The number of pyridine rings is 1. The third-order valence-electron chi connectivity index (χ3n) is 4.57. The van der Waals surface area contributed by atoms with Gasteiger partial charge in [-0.2, -0.15) is 0 Å². The fraction of sp³-hybridized carbons (Fsp3) is 0.429. The van der Waals surface area contributed by atoms with E-state index in [0.717, 1.165) is 44.9 Å². The minimum absolute atomic E-state index is 0. The predicted octanol–water partition coefficient (Wildman–Crippen LogP) is 2.57. The van der Waals surface area contributed by atoms with E-state index in [4.69, 9.17) is 10.5 Å². The first-order chi connectivity index (χ1) is 13.2. The molecule has 0 bridgehead atoms. The van der Waals surface area contributed by atoms with Crippen LogP contribution in [0.1, 0.15) is 23.7 Å². The van der Waals surface area contributed by atoms with Crippen LogP contribution in [0.4, 0.5) is 0 Å². The summed E-state index contributed by atoms with van der Waals surface area (Å²) in [5.74, 6) is 0.471. The van der Waals surface area contributed by atoms with E-state index in [9.17, 15) is 0 Å². The van der Waals surface area contributed by atoms with Gasteiger partial charge in [-0.15, -0.1) is 24.0 Å². The van der Waals surface area contributed by atoms with Crippen molar-refractivity contribution in [3.05, 3.63) is 65.5 Å². The molecule has 7 heteroatoms. The van der Waals surface area contributed by atoms with Crippen molar-refractivity contribution in [2.45, 2.75) is 32.5 Å². The molecule has 0 aliphatic carbocycles. The number of hydrogen-bond acceptors (Lipinski definition) is 4. The van der Waals surface area contributed by atoms with Crippen LogP contribution in [0.15, 0.2) is 53.7 Å². The molecule has 0 radical (unpaired) electrons. The molecule has 0 spiro atoms. The van der Waals surface area contributed by atoms with Crippen LogP contribution in [0.25, 0.3) is 0 Å². The van der Waals surface area contributed by atoms with Crippen molar-refractivity contribution in [3.63, 3.8) is 0 Å². The topological polar surface area (TPSA) is 75.8 Å². The summed E-state index contributed by atoms with van der Waals surface area (Å²) in [4.78, 5) is 11.2. The first kappa shape index (κ1) is 22.6. The molecule has 1 saturated heterocycles. The van der Waals surface area contributed by atoms with Crippen LogP contribution in [-0.2, 0) is 24.2 Å². The molecule has 1 unspecified atom stereocenters. The Kier molecular flexibility index (Phi) is 9.66. The number of ether oxygens (including phenoxy) is 1. The summed E-state index contributed by atoms with van der Waals surface area (Å²) in [5, 5.41) is 3.15. The van der Waals surface area contributed by atoms with Crippen molar-refractivity contribution < 1.29 is 4.74 Å². The zero-order valence-corrected chi connectivity index (χ0v) is 18.7. The van der Waals surface area contributed by atoms with Gasteiger partial charge in [0.1, 0.15) is 0 Å². The van der Waals surface area contributed by atoms with Gasteiger partial charge in [-0.25, -0.2) is 4.99 Å². The number of rotatable bonds is 7. The van der Waals surface area contributed by atoms with Gasteiger partial charge < -0.3 is 15.8 Å².